The zero-order valence-corrected chi connectivity index (χ0v) is 21.8. The number of para-hydroxylation sites is 2. The summed E-state index contributed by atoms with van der Waals surface area (Å²) in [7, 11) is 0. The highest BCUT2D eigenvalue weighted by Crippen LogP contribution is 2.31. The molecule has 10 heteroatoms. The molecule has 2 aromatic carbocycles. The van der Waals surface area contributed by atoms with Crippen molar-refractivity contribution >= 4 is 46.0 Å². The number of H-pyrrole nitrogens is 1. The van der Waals surface area contributed by atoms with Crippen molar-refractivity contribution in [2.24, 2.45) is 11.3 Å². The largest absolute Gasteiger partial charge is 0.370 e. The maximum absolute atomic E-state index is 13.0. The zero-order chi connectivity index (χ0) is 26.7. The quantitative estimate of drug-likeness (QED) is 0.156. The van der Waals surface area contributed by atoms with Crippen LogP contribution in [-0.4, -0.2) is 38.5 Å². The second kappa shape index (κ2) is 10.6. The monoisotopic (exact) mass is 520 g/mol. The number of aromatic nitrogens is 3. The van der Waals surface area contributed by atoms with Gasteiger partial charge in [-0.15, -0.1) is 0 Å². The zero-order valence-electron chi connectivity index (χ0n) is 21.0. The summed E-state index contributed by atoms with van der Waals surface area (Å²) in [5.41, 5.74) is 4.89. The summed E-state index contributed by atoms with van der Waals surface area (Å²) >= 11 is 6.44. The van der Waals surface area contributed by atoms with E-state index in [0.717, 1.165) is 11.0 Å². The number of carbonyl (C=O) groups is 2. The Hall–Kier alpha value is -3.95. The van der Waals surface area contributed by atoms with E-state index in [1.807, 2.05) is 31.2 Å². The molecule has 2 heterocycles. The van der Waals surface area contributed by atoms with Crippen LogP contribution in [0.1, 0.15) is 36.8 Å². The Balaban J connectivity index is 1.46. The van der Waals surface area contributed by atoms with Crippen molar-refractivity contribution in [3.8, 4) is 11.4 Å². The van der Waals surface area contributed by atoms with Crippen LogP contribution in [0.15, 0.2) is 54.6 Å². The first-order chi connectivity index (χ1) is 17.6. The van der Waals surface area contributed by atoms with Crippen LogP contribution in [0.25, 0.3) is 22.4 Å². The lowest BCUT2D eigenvalue weighted by Crippen LogP contribution is -2.41. The van der Waals surface area contributed by atoms with E-state index in [0.29, 0.717) is 45.7 Å². The fraction of sp³-hybridized carbons (Fsp3) is 0.259. The van der Waals surface area contributed by atoms with Crippen molar-refractivity contribution in [1.29, 1.82) is 0 Å². The molecule has 37 heavy (non-hydrogen) atoms. The number of nitrogens with zero attached hydrogens (tertiary/aromatic N) is 2. The van der Waals surface area contributed by atoms with Gasteiger partial charge in [0.15, 0.2) is 0 Å². The standard InChI is InChI=1S/C27H29ClN6O3/c1-15(27(3,4)26(36)34-37)14-29-23-12-10-18(16(2)30-23)25(35)31-17-9-11-20(28)19(13-17)24-32-21-7-5-6-8-22(21)33-24/h5-13,15,37H,14H2,1-4H3,(H,29,30)(H,31,35)(H,32,33)(H,34,36). The number of pyridine rings is 1. The van der Waals surface area contributed by atoms with Crippen LogP contribution in [0, 0.1) is 18.3 Å². The van der Waals surface area contributed by atoms with Gasteiger partial charge in [-0.2, -0.15) is 0 Å². The van der Waals surface area contributed by atoms with Gasteiger partial charge >= 0.3 is 0 Å². The molecule has 9 nitrogen and oxygen atoms in total. The second-order valence-corrected chi connectivity index (χ2v) is 9.93. The highest BCUT2D eigenvalue weighted by Gasteiger charge is 2.33. The van der Waals surface area contributed by atoms with Gasteiger partial charge in [0, 0.05) is 23.2 Å². The maximum atomic E-state index is 13.0. The predicted molar refractivity (Wildman–Crippen MR) is 145 cm³/mol. The summed E-state index contributed by atoms with van der Waals surface area (Å²) in [5.74, 6) is 0.340. The van der Waals surface area contributed by atoms with E-state index >= 15 is 0 Å². The molecule has 0 bridgehead atoms. The van der Waals surface area contributed by atoms with E-state index in [4.69, 9.17) is 16.8 Å². The highest BCUT2D eigenvalue weighted by atomic mass is 35.5. The summed E-state index contributed by atoms with van der Waals surface area (Å²) < 4.78 is 0. The molecule has 0 spiro atoms. The van der Waals surface area contributed by atoms with Gasteiger partial charge in [-0.05, 0) is 55.3 Å². The van der Waals surface area contributed by atoms with Gasteiger partial charge in [-0.1, -0.05) is 44.5 Å². The topological polar surface area (TPSA) is 132 Å². The molecular formula is C27H29ClN6O3. The number of hydroxylamine groups is 1. The Morgan fingerprint density at radius 1 is 1.11 bits per heavy atom. The van der Waals surface area contributed by atoms with Gasteiger partial charge in [0.05, 0.1) is 27.3 Å². The van der Waals surface area contributed by atoms with E-state index in [2.05, 4.69) is 25.6 Å². The van der Waals surface area contributed by atoms with Crippen molar-refractivity contribution in [3.63, 3.8) is 0 Å². The molecule has 192 valence electrons. The number of benzene rings is 2. The van der Waals surface area contributed by atoms with Crippen LogP contribution in [-0.2, 0) is 4.79 Å². The van der Waals surface area contributed by atoms with Crippen LogP contribution in [0.3, 0.4) is 0 Å². The molecular weight excluding hydrogens is 492 g/mol. The molecule has 1 unspecified atom stereocenters. The number of anilines is 2. The molecule has 0 aliphatic heterocycles. The first-order valence-corrected chi connectivity index (χ1v) is 12.2. The van der Waals surface area contributed by atoms with Crippen molar-refractivity contribution in [1.82, 2.24) is 20.4 Å². The van der Waals surface area contributed by atoms with Crippen LogP contribution in [0.2, 0.25) is 5.02 Å². The molecule has 5 N–H and O–H groups in total. The van der Waals surface area contributed by atoms with Crippen LogP contribution < -0.4 is 16.1 Å². The Labute approximate surface area is 219 Å². The van der Waals surface area contributed by atoms with Crippen LogP contribution in [0.4, 0.5) is 11.5 Å². The van der Waals surface area contributed by atoms with Crippen molar-refractivity contribution in [3.05, 3.63) is 70.9 Å². The molecule has 4 rings (SSSR count). The number of aromatic amines is 1. The Morgan fingerprint density at radius 2 is 1.86 bits per heavy atom. The molecule has 0 aliphatic rings. The van der Waals surface area contributed by atoms with Gasteiger partial charge in [-0.25, -0.2) is 15.4 Å². The summed E-state index contributed by atoms with van der Waals surface area (Å²) in [5, 5.41) is 15.6. The van der Waals surface area contributed by atoms with Gasteiger partial charge in [0.2, 0.25) is 5.91 Å². The summed E-state index contributed by atoms with van der Waals surface area (Å²) in [6.45, 7) is 7.63. The third kappa shape index (κ3) is 5.58. The van der Waals surface area contributed by atoms with Gasteiger partial charge in [0.25, 0.3) is 5.91 Å². The molecule has 0 saturated carbocycles. The number of hydrogen-bond acceptors (Lipinski definition) is 6. The molecule has 2 amide bonds. The number of nitrogens with one attached hydrogen (secondary N) is 4. The molecule has 4 aromatic rings. The molecule has 0 saturated heterocycles. The molecule has 0 aliphatic carbocycles. The summed E-state index contributed by atoms with van der Waals surface area (Å²) in [4.78, 5) is 37.3. The van der Waals surface area contributed by atoms with Gasteiger partial charge in [-0.3, -0.25) is 14.8 Å². The third-order valence-corrected chi connectivity index (χ3v) is 7.04. The summed E-state index contributed by atoms with van der Waals surface area (Å²) in [6, 6.07) is 16.3. The first-order valence-electron chi connectivity index (χ1n) is 11.8. The number of aryl methyl sites for hydroxylation is 1. The molecule has 2 aromatic heterocycles. The fourth-order valence-corrected chi connectivity index (χ4v) is 4.05. The minimum absolute atomic E-state index is 0.101. The minimum Gasteiger partial charge on any atom is -0.370 e. The Kier molecular flexibility index (Phi) is 7.47. The summed E-state index contributed by atoms with van der Waals surface area (Å²) in [6.07, 6.45) is 0. The SMILES string of the molecule is Cc1nc(NCC(C)C(C)(C)C(=O)NO)ccc1C(=O)Nc1ccc(Cl)c(-c2nc3ccccc3[nH]2)c1. The number of hydrogen-bond donors (Lipinski definition) is 5. The molecule has 0 fully saturated rings. The van der Waals surface area contributed by atoms with Crippen molar-refractivity contribution in [2.45, 2.75) is 27.7 Å². The Bertz CT molecular complexity index is 1430. The highest BCUT2D eigenvalue weighted by molar-refractivity contribution is 6.33. The normalized spacial score (nSPS) is 12.3. The van der Waals surface area contributed by atoms with Crippen LogP contribution in [0.5, 0.6) is 0 Å². The van der Waals surface area contributed by atoms with E-state index < -0.39 is 11.3 Å². The van der Waals surface area contributed by atoms with E-state index in [9.17, 15) is 9.59 Å². The lowest BCUT2D eigenvalue weighted by atomic mass is 9.79. The number of fused-ring (bicyclic) bond motifs is 1. The van der Waals surface area contributed by atoms with E-state index in [-0.39, 0.29) is 11.8 Å². The Morgan fingerprint density at radius 3 is 2.57 bits per heavy atom. The number of amides is 2. The first kappa shape index (κ1) is 26.1. The predicted octanol–water partition coefficient (Wildman–Crippen LogP) is 5.42. The lowest BCUT2D eigenvalue weighted by molar-refractivity contribution is -0.140. The number of rotatable bonds is 8. The molecule has 1 atom stereocenters. The number of halogens is 1. The minimum atomic E-state index is -0.781. The van der Waals surface area contributed by atoms with E-state index in [1.165, 1.54) is 0 Å². The van der Waals surface area contributed by atoms with Crippen molar-refractivity contribution < 1.29 is 14.8 Å². The average molecular weight is 521 g/mol. The smallest absolute Gasteiger partial charge is 0.257 e. The average Bonchev–Trinajstić information content (AvgIpc) is 3.31. The maximum Gasteiger partial charge on any atom is 0.257 e. The lowest BCUT2D eigenvalue weighted by Gasteiger charge is -2.29. The van der Waals surface area contributed by atoms with E-state index in [1.54, 1.807) is 56.6 Å². The van der Waals surface area contributed by atoms with Crippen molar-refractivity contribution in [2.75, 3.05) is 17.2 Å². The number of carbonyl (C=O) groups excluding carboxylic acids is 2. The molecule has 0 radical (unpaired) electrons. The van der Waals surface area contributed by atoms with Gasteiger partial charge in [0.1, 0.15) is 11.6 Å². The third-order valence-electron chi connectivity index (χ3n) is 6.71. The fourth-order valence-electron chi connectivity index (χ4n) is 3.84. The van der Waals surface area contributed by atoms with Gasteiger partial charge < -0.3 is 15.6 Å². The second-order valence-electron chi connectivity index (χ2n) is 9.53. The number of imidazole rings is 1. The van der Waals surface area contributed by atoms with Crippen LogP contribution >= 0.6 is 11.6 Å².